The van der Waals surface area contributed by atoms with Gasteiger partial charge >= 0.3 is 5.97 Å². The summed E-state index contributed by atoms with van der Waals surface area (Å²) in [6, 6.07) is 8.17. The van der Waals surface area contributed by atoms with Crippen molar-refractivity contribution < 1.29 is 9.53 Å². The summed E-state index contributed by atoms with van der Waals surface area (Å²) in [5.41, 5.74) is 1.59. The molecule has 3 heteroatoms. The highest BCUT2D eigenvalue weighted by molar-refractivity contribution is 5.85. The minimum Gasteiger partial charge on any atom is -0.467 e. The molecule has 1 saturated carbocycles. The number of rotatable bonds is 3. The molecule has 3 unspecified atom stereocenters. The van der Waals surface area contributed by atoms with Gasteiger partial charge in [-0.25, -0.2) is 4.79 Å². The van der Waals surface area contributed by atoms with Gasteiger partial charge in [0.2, 0.25) is 0 Å². The molecule has 0 heterocycles. The molecule has 0 aliphatic heterocycles. The van der Waals surface area contributed by atoms with Crippen molar-refractivity contribution in [2.45, 2.75) is 45.6 Å². The molecule has 20 heavy (non-hydrogen) atoms. The molecule has 2 rings (SSSR count). The predicted octanol–water partition coefficient (Wildman–Crippen LogP) is 3.77. The van der Waals surface area contributed by atoms with Crippen molar-refractivity contribution >= 4 is 11.7 Å². The average molecular weight is 275 g/mol. The van der Waals surface area contributed by atoms with Crippen LogP contribution in [0.25, 0.3) is 0 Å². The van der Waals surface area contributed by atoms with Gasteiger partial charge in [-0.2, -0.15) is 0 Å². The van der Waals surface area contributed by atoms with E-state index in [-0.39, 0.29) is 11.9 Å². The van der Waals surface area contributed by atoms with E-state index in [1.54, 1.807) is 0 Å². The second kappa shape index (κ2) is 5.86. The molecule has 1 aliphatic carbocycles. The van der Waals surface area contributed by atoms with Crippen molar-refractivity contribution in [1.29, 1.82) is 0 Å². The predicted molar refractivity (Wildman–Crippen MR) is 81.7 cm³/mol. The number of carbonyl (C=O) groups excluding carboxylic acids is 1. The number of benzene rings is 1. The van der Waals surface area contributed by atoms with Crippen LogP contribution in [0.3, 0.4) is 0 Å². The normalized spacial score (nSPS) is 29.8. The third-order valence-corrected chi connectivity index (χ3v) is 4.80. The van der Waals surface area contributed by atoms with Crippen molar-refractivity contribution in [3.8, 4) is 0 Å². The van der Waals surface area contributed by atoms with Crippen LogP contribution in [0.15, 0.2) is 24.3 Å². The molecule has 1 aromatic rings. The molecule has 1 aliphatic rings. The van der Waals surface area contributed by atoms with E-state index in [0.29, 0.717) is 5.92 Å². The van der Waals surface area contributed by atoms with Gasteiger partial charge in [0, 0.05) is 5.69 Å². The zero-order chi connectivity index (χ0) is 14.8. The van der Waals surface area contributed by atoms with Gasteiger partial charge in [0.05, 0.1) is 7.11 Å². The van der Waals surface area contributed by atoms with Crippen LogP contribution < -0.4 is 5.32 Å². The Hall–Kier alpha value is -1.51. The maximum absolute atomic E-state index is 12.4. The Balaban J connectivity index is 2.34. The van der Waals surface area contributed by atoms with Gasteiger partial charge in [0.1, 0.15) is 5.54 Å². The van der Waals surface area contributed by atoms with E-state index in [2.05, 4.69) is 38.2 Å². The Morgan fingerprint density at radius 1 is 1.40 bits per heavy atom. The number of ether oxygens (including phenoxy) is 1. The van der Waals surface area contributed by atoms with Crippen LogP contribution in [0, 0.1) is 18.8 Å². The Labute approximate surface area is 121 Å². The molecule has 1 aromatic carbocycles. The summed E-state index contributed by atoms with van der Waals surface area (Å²) in [6.45, 7) is 6.44. The van der Waals surface area contributed by atoms with Gasteiger partial charge in [-0.05, 0) is 42.9 Å². The molecule has 1 N–H and O–H groups in total. The molecule has 0 aromatic heterocycles. The SMILES string of the molecule is COC(=O)C1(Nc2cccc(C)c2)CCCC(C)C1C. The molecule has 0 saturated heterocycles. The monoisotopic (exact) mass is 275 g/mol. The van der Waals surface area contributed by atoms with Gasteiger partial charge in [-0.3, -0.25) is 0 Å². The second-order valence-electron chi connectivity index (χ2n) is 6.12. The third-order valence-electron chi connectivity index (χ3n) is 4.80. The summed E-state index contributed by atoms with van der Waals surface area (Å²) in [4.78, 5) is 12.4. The standard InChI is InChI=1S/C17H25NO2/c1-12-7-5-9-15(11-12)18-17(16(19)20-4)10-6-8-13(2)14(17)3/h5,7,9,11,13-14,18H,6,8,10H2,1-4H3. The van der Waals surface area contributed by atoms with E-state index in [0.717, 1.165) is 18.5 Å². The number of carbonyl (C=O) groups is 1. The number of hydrogen-bond donors (Lipinski definition) is 1. The van der Waals surface area contributed by atoms with Crippen molar-refractivity contribution in [2.75, 3.05) is 12.4 Å². The van der Waals surface area contributed by atoms with Gasteiger partial charge in [-0.15, -0.1) is 0 Å². The van der Waals surface area contributed by atoms with Crippen LogP contribution in [0.4, 0.5) is 5.69 Å². The number of nitrogens with one attached hydrogen (secondary N) is 1. The fraction of sp³-hybridized carbons (Fsp3) is 0.588. The summed E-state index contributed by atoms with van der Waals surface area (Å²) < 4.78 is 5.11. The summed E-state index contributed by atoms with van der Waals surface area (Å²) in [7, 11) is 1.48. The van der Waals surface area contributed by atoms with E-state index in [9.17, 15) is 4.79 Å². The molecule has 0 amide bonds. The van der Waals surface area contributed by atoms with Crippen LogP contribution in [-0.2, 0) is 9.53 Å². The van der Waals surface area contributed by atoms with Gasteiger partial charge < -0.3 is 10.1 Å². The van der Waals surface area contributed by atoms with Crippen LogP contribution in [0.2, 0.25) is 0 Å². The fourth-order valence-electron chi connectivity index (χ4n) is 3.34. The molecule has 0 radical (unpaired) electrons. The topological polar surface area (TPSA) is 38.3 Å². The number of esters is 1. The lowest BCUT2D eigenvalue weighted by atomic mass is 9.68. The lowest BCUT2D eigenvalue weighted by Crippen LogP contribution is -2.56. The molecular formula is C17H25NO2. The Kier molecular flexibility index (Phi) is 4.36. The van der Waals surface area contributed by atoms with E-state index in [1.165, 1.54) is 19.1 Å². The quantitative estimate of drug-likeness (QED) is 0.853. The molecule has 3 atom stereocenters. The molecule has 0 bridgehead atoms. The van der Waals surface area contributed by atoms with Crippen molar-refractivity contribution in [3.05, 3.63) is 29.8 Å². The van der Waals surface area contributed by atoms with Gasteiger partial charge in [-0.1, -0.05) is 38.8 Å². The van der Waals surface area contributed by atoms with Crippen molar-refractivity contribution in [1.82, 2.24) is 0 Å². The third kappa shape index (κ3) is 2.67. The molecule has 3 nitrogen and oxygen atoms in total. The van der Waals surface area contributed by atoms with Crippen LogP contribution in [0.1, 0.15) is 38.7 Å². The largest absolute Gasteiger partial charge is 0.467 e. The summed E-state index contributed by atoms with van der Waals surface area (Å²) in [5, 5.41) is 3.49. The van der Waals surface area contributed by atoms with Gasteiger partial charge in [0.15, 0.2) is 0 Å². The summed E-state index contributed by atoms with van der Waals surface area (Å²) in [5.74, 6) is 0.627. The molecule has 1 fully saturated rings. The summed E-state index contributed by atoms with van der Waals surface area (Å²) >= 11 is 0. The Bertz CT molecular complexity index is 486. The molecular weight excluding hydrogens is 250 g/mol. The number of anilines is 1. The smallest absolute Gasteiger partial charge is 0.331 e. The minimum absolute atomic E-state index is 0.141. The van der Waals surface area contributed by atoms with Crippen molar-refractivity contribution in [3.63, 3.8) is 0 Å². The first-order chi connectivity index (χ1) is 9.49. The first-order valence-corrected chi connectivity index (χ1v) is 7.43. The van der Waals surface area contributed by atoms with Crippen LogP contribution in [-0.4, -0.2) is 18.6 Å². The number of hydrogen-bond acceptors (Lipinski definition) is 3. The highest BCUT2D eigenvalue weighted by atomic mass is 16.5. The van der Waals surface area contributed by atoms with E-state index < -0.39 is 5.54 Å². The number of methoxy groups -OCH3 is 1. The maximum Gasteiger partial charge on any atom is 0.331 e. The first-order valence-electron chi connectivity index (χ1n) is 7.43. The van der Waals surface area contributed by atoms with E-state index in [4.69, 9.17) is 4.74 Å². The second-order valence-corrected chi connectivity index (χ2v) is 6.12. The molecule has 0 spiro atoms. The van der Waals surface area contributed by atoms with E-state index in [1.807, 2.05) is 12.1 Å². The fourth-order valence-corrected chi connectivity index (χ4v) is 3.34. The minimum atomic E-state index is -0.597. The molecule has 110 valence electrons. The van der Waals surface area contributed by atoms with E-state index >= 15 is 0 Å². The lowest BCUT2D eigenvalue weighted by Gasteiger charge is -2.44. The summed E-state index contributed by atoms with van der Waals surface area (Å²) in [6.07, 6.45) is 3.06. The zero-order valence-corrected chi connectivity index (χ0v) is 12.9. The van der Waals surface area contributed by atoms with Crippen molar-refractivity contribution in [2.24, 2.45) is 11.8 Å². The maximum atomic E-state index is 12.4. The zero-order valence-electron chi connectivity index (χ0n) is 12.9. The average Bonchev–Trinajstić information content (AvgIpc) is 2.43. The number of aryl methyl sites for hydroxylation is 1. The van der Waals surface area contributed by atoms with Gasteiger partial charge in [0.25, 0.3) is 0 Å². The van der Waals surface area contributed by atoms with Crippen LogP contribution >= 0.6 is 0 Å². The highest BCUT2D eigenvalue weighted by Gasteiger charge is 2.48. The highest BCUT2D eigenvalue weighted by Crippen LogP contribution is 2.40. The first kappa shape index (κ1) is 14.9. The van der Waals surface area contributed by atoms with Crippen LogP contribution in [0.5, 0.6) is 0 Å². The lowest BCUT2D eigenvalue weighted by molar-refractivity contribution is -0.150. The Morgan fingerprint density at radius 3 is 2.80 bits per heavy atom. The Morgan fingerprint density at radius 2 is 2.15 bits per heavy atom.